The summed E-state index contributed by atoms with van der Waals surface area (Å²) in [4.78, 5) is 10.9. The van der Waals surface area contributed by atoms with E-state index in [0.717, 1.165) is 0 Å². The van der Waals surface area contributed by atoms with Crippen molar-refractivity contribution in [3.8, 4) is 0 Å². The van der Waals surface area contributed by atoms with Gasteiger partial charge in [0.2, 0.25) is 5.91 Å². The van der Waals surface area contributed by atoms with Gasteiger partial charge < -0.3 is 10.1 Å². The second-order valence-electron chi connectivity index (χ2n) is 3.24. The number of carbonyl (C=O) groups is 1. The van der Waals surface area contributed by atoms with Crippen molar-refractivity contribution in [3.63, 3.8) is 0 Å². The largest absolute Gasteiger partial charge is 0.362 e. The first-order chi connectivity index (χ1) is 7.18. The molecule has 1 atom stereocenters. The molecule has 1 N–H and O–H groups in total. The number of halogens is 2. The number of amides is 1. The van der Waals surface area contributed by atoms with E-state index in [1.165, 1.54) is 6.07 Å². The van der Waals surface area contributed by atoms with E-state index in [-0.39, 0.29) is 18.3 Å². The van der Waals surface area contributed by atoms with Crippen molar-refractivity contribution in [1.29, 1.82) is 0 Å². The molecule has 2 rings (SSSR count). The van der Waals surface area contributed by atoms with Gasteiger partial charge in [-0.3, -0.25) is 4.79 Å². The Labute approximate surface area is 94.7 Å². The smallest absolute Gasteiger partial charge is 0.246 e. The third-order valence-corrected chi connectivity index (χ3v) is 2.91. The van der Waals surface area contributed by atoms with E-state index >= 15 is 0 Å². The summed E-state index contributed by atoms with van der Waals surface area (Å²) in [6.45, 7) is 0.282. The number of ether oxygens (including phenoxy) is 1. The maximum atomic E-state index is 13.5. The molecule has 3 nitrogen and oxygen atoms in total. The molecular weight excluding hydrogens is 265 g/mol. The van der Waals surface area contributed by atoms with Gasteiger partial charge in [-0.15, -0.1) is 0 Å². The predicted octanol–water partition coefficient (Wildman–Crippen LogP) is 1.78. The van der Waals surface area contributed by atoms with Crippen LogP contribution >= 0.6 is 15.9 Å². The van der Waals surface area contributed by atoms with E-state index in [1.54, 1.807) is 12.1 Å². The first kappa shape index (κ1) is 10.6. The fourth-order valence-electron chi connectivity index (χ4n) is 1.50. The lowest BCUT2D eigenvalue weighted by atomic mass is 10.1. The van der Waals surface area contributed by atoms with Crippen LogP contribution in [0.3, 0.4) is 0 Å². The van der Waals surface area contributed by atoms with Crippen LogP contribution in [0.15, 0.2) is 22.7 Å². The van der Waals surface area contributed by atoms with Crippen molar-refractivity contribution in [2.24, 2.45) is 0 Å². The molecule has 0 aliphatic carbocycles. The van der Waals surface area contributed by atoms with Crippen LogP contribution < -0.4 is 5.32 Å². The van der Waals surface area contributed by atoms with Crippen LogP contribution in [0.25, 0.3) is 0 Å². The van der Waals surface area contributed by atoms with Gasteiger partial charge in [-0.2, -0.15) is 0 Å². The van der Waals surface area contributed by atoms with E-state index < -0.39 is 6.10 Å². The predicted molar refractivity (Wildman–Crippen MR) is 55.8 cm³/mol. The molecule has 0 radical (unpaired) electrons. The maximum Gasteiger partial charge on any atom is 0.246 e. The van der Waals surface area contributed by atoms with E-state index in [0.29, 0.717) is 16.6 Å². The van der Waals surface area contributed by atoms with Gasteiger partial charge in [-0.05, 0) is 12.1 Å². The first-order valence-electron chi connectivity index (χ1n) is 4.50. The van der Waals surface area contributed by atoms with Crippen molar-refractivity contribution < 1.29 is 13.9 Å². The molecule has 0 unspecified atom stereocenters. The highest BCUT2D eigenvalue weighted by molar-refractivity contribution is 9.10. The minimum atomic E-state index is -0.418. The molecule has 0 saturated carbocycles. The molecule has 0 aromatic heterocycles. The van der Waals surface area contributed by atoms with Crippen LogP contribution in [-0.2, 0) is 9.53 Å². The lowest BCUT2D eigenvalue weighted by Gasteiger charge is -2.24. The molecule has 1 aromatic rings. The second-order valence-corrected chi connectivity index (χ2v) is 4.09. The molecule has 1 heterocycles. The number of hydrogen-bond acceptors (Lipinski definition) is 2. The van der Waals surface area contributed by atoms with Crippen molar-refractivity contribution in [2.75, 3.05) is 13.2 Å². The molecule has 0 bridgehead atoms. The summed E-state index contributed by atoms with van der Waals surface area (Å²) in [5, 5.41) is 2.63. The van der Waals surface area contributed by atoms with Gasteiger partial charge in [0.05, 0.1) is 0 Å². The summed E-state index contributed by atoms with van der Waals surface area (Å²) in [6.07, 6.45) is -0.418. The average molecular weight is 274 g/mol. The van der Waals surface area contributed by atoms with Crippen LogP contribution in [0, 0.1) is 5.82 Å². The minimum absolute atomic E-state index is 0.0224. The molecule has 1 aliphatic rings. The van der Waals surface area contributed by atoms with Crippen LogP contribution in [-0.4, -0.2) is 19.1 Å². The topological polar surface area (TPSA) is 38.3 Å². The molecule has 1 aliphatic heterocycles. The highest BCUT2D eigenvalue weighted by Gasteiger charge is 2.24. The minimum Gasteiger partial charge on any atom is -0.362 e. The summed E-state index contributed by atoms with van der Waals surface area (Å²) in [5.41, 5.74) is 0.456. The van der Waals surface area contributed by atoms with Crippen LogP contribution in [0.5, 0.6) is 0 Å². The number of carbonyl (C=O) groups excluding carboxylic acids is 1. The van der Waals surface area contributed by atoms with Crippen LogP contribution in [0.4, 0.5) is 4.39 Å². The zero-order valence-corrected chi connectivity index (χ0v) is 9.38. The third-order valence-electron chi connectivity index (χ3n) is 2.22. The summed E-state index contributed by atoms with van der Waals surface area (Å²) >= 11 is 3.27. The molecule has 1 saturated heterocycles. The Morgan fingerprint density at radius 2 is 2.33 bits per heavy atom. The molecule has 1 amide bonds. The highest BCUT2D eigenvalue weighted by Crippen LogP contribution is 2.29. The lowest BCUT2D eigenvalue weighted by molar-refractivity contribution is -0.133. The van der Waals surface area contributed by atoms with Crippen molar-refractivity contribution in [2.45, 2.75) is 6.10 Å². The SMILES string of the molecule is O=C1CO[C@@H](c2c(F)cccc2Br)CN1. The maximum absolute atomic E-state index is 13.5. The quantitative estimate of drug-likeness (QED) is 0.847. The van der Waals surface area contributed by atoms with Gasteiger partial charge in [0, 0.05) is 16.6 Å². The van der Waals surface area contributed by atoms with Crippen molar-refractivity contribution in [3.05, 3.63) is 34.1 Å². The molecule has 15 heavy (non-hydrogen) atoms. The summed E-state index contributed by atoms with van der Waals surface area (Å²) in [7, 11) is 0. The molecule has 80 valence electrons. The fraction of sp³-hybridized carbons (Fsp3) is 0.300. The third kappa shape index (κ3) is 2.18. The van der Waals surface area contributed by atoms with Crippen molar-refractivity contribution >= 4 is 21.8 Å². The molecular formula is C10H9BrFNO2. The van der Waals surface area contributed by atoms with Gasteiger partial charge in [0.25, 0.3) is 0 Å². The second kappa shape index (κ2) is 4.28. The number of rotatable bonds is 1. The standard InChI is InChI=1S/C10H9BrFNO2/c11-6-2-1-3-7(12)10(6)8-4-13-9(14)5-15-8/h1-3,8H,4-5H2,(H,13,14)/t8-/m1/s1. The Morgan fingerprint density at radius 1 is 1.53 bits per heavy atom. The Kier molecular flexibility index (Phi) is 3.02. The Hall–Kier alpha value is -0.940. The van der Waals surface area contributed by atoms with Gasteiger partial charge in [0.1, 0.15) is 18.5 Å². The number of nitrogens with one attached hydrogen (secondary N) is 1. The lowest BCUT2D eigenvalue weighted by Crippen LogP contribution is -2.39. The van der Waals surface area contributed by atoms with E-state index in [4.69, 9.17) is 4.74 Å². The zero-order valence-electron chi connectivity index (χ0n) is 7.80. The van der Waals surface area contributed by atoms with Gasteiger partial charge in [-0.25, -0.2) is 4.39 Å². The Balaban J connectivity index is 2.26. The van der Waals surface area contributed by atoms with Gasteiger partial charge in [0.15, 0.2) is 0 Å². The summed E-state index contributed by atoms with van der Waals surface area (Å²) in [6, 6.07) is 4.74. The van der Waals surface area contributed by atoms with Crippen LogP contribution in [0.2, 0.25) is 0 Å². The first-order valence-corrected chi connectivity index (χ1v) is 5.30. The molecule has 1 aromatic carbocycles. The van der Waals surface area contributed by atoms with Gasteiger partial charge >= 0.3 is 0 Å². The molecule has 1 fully saturated rings. The van der Waals surface area contributed by atoms with Crippen molar-refractivity contribution in [1.82, 2.24) is 5.32 Å². The van der Waals surface area contributed by atoms with Crippen LogP contribution in [0.1, 0.15) is 11.7 Å². The zero-order chi connectivity index (χ0) is 10.8. The van der Waals surface area contributed by atoms with E-state index in [9.17, 15) is 9.18 Å². The number of morpholine rings is 1. The number of benzene rings is 1. The Bertz CT molecular complexity index is 367. The monoisotopic (exact) mass is 273 g/mol. The summed E-state index contributed by atoms with van der Waals surface area (Å²) < 4.78 is 19.4. The molecule has 0 spiro atoms. The normalized spacial score (nSPS) is 21.2. The fourth-order valence-corrected chi connectivity index (χ4v) is 2.09. The number of hydrogen-bond donors (Lipinski definition) is 1. The summed E-state index contributed by atoms with van der Waals surface area (Å²) in [5.74, 6) is -0.496. The average Bonchev–Trinajstić information content (AvgIpc) is 2.20. The Morgan fingerprint density at radius 3 is 2.93 bits per heavy atom. The van der Waals surface area contributed by atoms with Gasteiger partial charge in [-0.1, -0.05) is 22.0 Å². The van der Waals surface area contributed by atoms with E-state index in [1.807, 2.05) is 0 Å². The van der Waals surface area contributed by atoms with E-state index in [2.05, 4.69) is 21.2 Å². The molecule has 5 heteroatoms. The highest BCUT2D eigenvalue weighted by atomic mass is 79.9.